The van der Waals surface area contributed by atoms with Gasteiger partial charge in [0, 0.05) is 22.1 Å². The number of hydrogen-bond acceptors (Lipinski definition) is 4. The highest BCUT2D eigenvalue weighted by Crippen LogP contribution is 2.38. The molecule has 3 aromatic rings. The van der Waals surface area contributed by atoms with Gasteiger partial charge in [0.15, 0.2) is 0 Å². The maximum absolute atomic E-state index is 13.4. The first-order valence-corrected chi connectivity index (χ1v) is 10.2. The number of ether oxygens (including phenoxy) is 2. The Morgan fingerprint density at radius 3 is 2.34 bits per heavy atom. The predicted octanol–water partition coefficient (Wildman–Crippen LogP) is 5.02. The monoisotopic (exact) mass is 406 g/mol. The zero-order valence-corrected chi connectivity index (χ0v) is 17.4. The molecule has 0 N–H and O–H groups in total. The Morgan fingerprint density at radius 2 is 1.66 bits per heavy atom. The van der Waals surface area contributed by atoms with Crippen LogP contribution in [0.5, 0.6) is 5.75 Å². The lowest BCUT2D eigenvalue weighted by Gasteiger charge is -2.16. The average molecular weight is 407 g/mol. The largest absolute Gasteiger partial charge is 0.496 e. The second-order valence-corrected chi connectivity index (χ2v) is 7.81. The molecule has 0 amide bonds. The van der Waals surface area contributed by atoms with E-state index >= 15 is 0 Å². The van der Waals surface area contributed by atoms with Crippen molar-refractivity contribution < 1.29 is 18.5 Å². The van der Waals surface area contributed by atoms with Gasteiger partial charge in [-0.05, 0) is 42.8 Å². The van der Waals surface area contributed by atoms with E-state index in [0.29, 0.717) is 10.6 Å². The molecule has 0 fully saturated rings. The van der Waals surface area contributed by atoms with Crippen LogP contribution in [0.3, 0.4) is 0 Å². The van der Waals surface area contributed by atoms with Gasteiger partial charge in [-0.1, -0.05) is 48.0 Å². The number of carbonyl (C=O) groups is 1. The highest BCUT2D eigenvalue weighted by molar-refractivity contribution is 7.85. The average Bonchev–Trinajstić information content (AvgIpc) is 2.77. The molecule has 0 saturated carbocycles. The molecule has 0 radical (unpaired) electrons. The van der Waals surface area contributed by atoms with Crippen LogP contribution in [0.1, 0.15) is 11.1 Å². The molecule has 5 heteroatoms. The van der Waals surface area contributed by atoms with E-state index < -0.39 is 16.8 Å². The minimum absolute atomic E-state index is 0.449. The third-order valence-corrected chi connectivity index (χ3v) is 5.93. The molecule has 29 heavy (non-hydrogen) atoms. The van der Waals surface area contributed by atoms with Crippen molar-refractivity contribution in [3.05, 3.63) is 83.9 Å². The van der Waals surface area contributed by atoms with Crippen LogP contribution in [0.15, 0.2) is 82.6 Å². The van der Waals surface area contributed by atoms with E-state index in [1.54, 1.807) is 13.2 Å². The summed E-state index contributed by atoms with van der Waals surface area (Å²) in [6, 6.07) is 20.7. The molecule has 1 atom stereocenters. The predicted molar refractivity (Wildman–Crippen MR) is 115 cm³/mol. The highest BCUT2D eigenvalue weighted by Gasteiger charge is 2.18. The number of aryl methyl sites for hydroxylation is 1. The van der Waals surface area contributed by atoms with Crippen molar-refractivity contribution >= 4 is 22.8 Å². The fraction of sp³-hybridized carbons (Fsp3) is 0.125. The van der Waals surface area contributed by atoms with E-state index in [0.717, 1.165) is 27.1 Å². The summed E-state index contributed by atoms with van der Waals surface area (Å²) in [6.07, 6.45) is 3.03. The molecule has 0 spiro atoms. The van der Waals surface area contributed by atoms with Crippen LogP contribution >= 0.6 is 0 Å². The van der Waals surface area contributed by atoms with Crippen molar-refractivity contribution in [2.75, 3.05) is 14.2 Å². The van der Waals surface area contributed by atoms with Gasteiger partial charge in [0.05, 0.1) is 29.9 Å². The van der Waals surface area contributed by atoms with E-state index in [1.807, 2.05) is 73.7 Å². The molecule has 0 heterocycles. The molecule has 3 rings (SSSR count). The molecule has 0 unspecified atom stereocenters. The quantitative estimate of drug-likeness (QED) is 0.426. The Morgan fingerprint density at radius 1 is 0.931 bits per heavy atom. The van der Waals surface area contributed by atoms with Crippen LogP contribution in [-0.2, 0) is 20.3 Å². The van der Waals surface area contributed by atoms with Gasteiger partial charge in [0.1, 0.15) is 5.75 Å². The maximum atomic E-state index is 13.4. The molecular formula is C24H22O4S. The number of methoxy groups -OCH3 is 2. The van der Waals surface area contributed by atoms with Gasteiger partial charge < -0.3 is 9.47 Å². The van der Waals surface area contributed by atoms with E-state index in [4.69, 9.17) is 9.47 Å². The zero-order valence-electron chi connectivity index (χ0n) is 16.5. The standard InChI is InChI=1S/C24H22O4S/c1-17-11-14-19(15-12-17)29(26)22-10-5-4-8-20(22)24-18(13-16-23(25)28-3)7-6-9-21(24)27-2/h4-16H,1-3H3/b16-13+/t29-/m0/s1. The topological polar surface area (TPSA) is 52.6 Å². The van der Waals surface area contributed by atoms with Crippen LogP contribution in [-0.4, -0.2) is 24.4 Å². The third-order valence-electron chi connectivity index (χ3n) is 4.47. The number of benzene rings is 3. The number of esters is 1. The first-order chi connectivity index (χ1) is 14.0. The summed E-state index contributed by atoms with van der Waals surface area (Å²) in [6.45, 7) is 2.00. The smallest absolute Gasteiger partial charge is 0.330 e. The van der Waals surface area contributed by atoms with Crippen molar-refractivity contribution in [2.45, 2.75) is 16.7 Å². The molecule has 0 saturated heterocycles. The molecule has 148 valence electrons. The summed E-state index contributed by atoms with van der Waals surface area (Å²) in [5.41, 5.74) is 3.43. The molecule has 0 aliphatic heterocycles. The van der Waals surface area contributed by atoms with Crippen LogP contribution in [0, 0.1) is 6.92 Å². The van der Waals surface area contributed by atoms with Gasteiger partial charge >= 0.3 is 5.97 Å². The molecule has 0 aromatic heterocycles. The van der Waals surface area contributed by atoms with Crippen molar-refractivity contribution in [1.29, 1.82) is 0 Å². The Balaban J connectivity index is 2.17. The summed E-state index contributed by atoms with van der Waals surface area (Å²) < 4.78 is 23.6. The normalized spacial score (nSPS) is 12.0. The van der Waals surface area contributed by atoms with Gasteiger partial charge in [-0.25, -0.2) is 9.00 Å². The highest BCUT2D eigenvalue weighted by atomic mass is 32.2. The van der Waals surface area contributed by atoms with Gasteiger partial charge in [-0.15, -0.1) is 0 Å². The fourth-order valence-electron chi connectivity index (χ4n) is 2.99. The minimum atomic E-state index is -1.37. The first kappa shape index (κ1) is 20.6. The van der Waals surface area contributed by atoms with Crippen molar-refractivity contribution in [1.82, 2.24) is 0 Å². The van der Waals surface area contributed by atoms with Crippen LogP contribution in [0.4, 0.5) is 0 Å². The summed E-state index contributed by atoms with van der Waals surface area (Å²) in [4.78, 5) is 13.0. The lowest BCUT2D eigenvalue weighted by molar-refractivity contribution is -0.134. The summed E-state index contributed by atoms with van der Waals surface area (Å²) in [5, 5.41) is 0. The molecule has 3 aromatic carbocycles. The maximum Gasteiger partial charge on any atom is 0.330 e. The van der Waals surface area contributed by atoms with E-state index in [2.05, 4.69) is 0 Å². The van der Waals surface area contributed by atoms with Gasteiger partial charge in [-0.2, -0.15) is 0 Å². The first-order valence-electron chi connectivity index (χ1n) is 9.06. The van der Waals surface area contributed by atoms with Crippen LogP contribution < -0.4 is 4.74 Å². The van der Waals surface area contributed by atoms with E-state index in [1.165, 1.54) is 13.2 Å². The van der Waals surface area contributed by atoms with Crippen LogP contribution in [0.2, 0.25) is 0 Å². The Kier molecular flexibility index (Phi) is 6.62. The number of rotatable bonds is 6. The van der Waals surface area contributed by atoms with Crippen molar-refractivity contribution in [2.24, 2.45) is 0 Å². The zero-order chi connectivity index (χ0) is 20.8. The molecule has 0 bridgehead atoms. The Bertz CT molecular complexity index is 1070. The third kappa shape index (κ3) is 4.63. The molecule has 0 aliphatic rings. The minimum Gasteiger partial charge on any atom is -0.496 e. The molecule has 4 nitrogen and oxygen atoms in total. The number of carbonyl (C=O) groups excluding carboxylic acids is 1. The lowest BCUT2D eigenvalue weighted by atomic mass is 9.98. The SMILES string of the molecule is COC(=O)/C=C/c1cccc(OC)c1-c1ccccc1[S@@](=O)c1ccc(C)cc1. The van der Waals surface area contributed by atoms with E-state index in [-0.39, 0.29) is 0 Å². The second kappa shape index (κ2) is 9.34. The second-order valence-electron chi connectivity index (χ2n) is 6.36. The fourth-order valence-corrected chi connectivity index (χ4v) is 4.20. The molecular weight excluding hydrogens is 384 g/mol. The van der Waals surface area contributed by atoms with Gasteiger partial charge in [0.25, 0.3) is 0 Å². The van der Waals surface area contributed by atoms with E-state index in [9.17, 15) is 9.00 Å². The van der Waals surface area contributed by atoms with Crippen LogP contribution in [0.25, 0.3) is 17.2 Å². The summed E-state index contributed by atoms with van der Waals surface area (Å²) in [5.74, 6) is 0.181. The van der Waals surface area contributed by atoms with Crippen molar-refractivity contribution in [3.63, 3.8) is 0 Å². The van der Waals surface area contributed by atoms with Gasteiger partial charge in [0.2, 0.25) is 0 Å². The Hall–Kier alpha value is -3.18. The Labute approximate surface area is 173 Å². The lowest BCUT2D eigenvalue weighted by Crippen LogP contribution is -1.99. The summed E-state index contributed by atoms with van der Waals surface area (Å²) >= 11 is 0. The van der Waals surface area contributed by atoms with Crippen molar-refractivity contribution in [3.8, 4) is 16.9 Å². The number of hydrogen-bond donors (Lipinski definition) is 0. The molecule has 0 aliphatic carbocycles. The summed E-state index contributed by atoms with van der Waals surface area (Å²) in [7, 11) is 1.55. The van der Waals surface area contributed by atoms with Gasteiger partial charge in [-0.3, -0.25) is 0 Å².